The molecular weight excluding hydrogens is 348 g/mol. The van der Waals surface area contributed by atoms with Crippen LogP contribution in [-0.4, -0.2) is 29.5 Å². The van der Waals surface area contributed by atoms with Crippen LogP contribution in [0, 0.1) is 20.8 Å². The molecule has 0 aliphatic heterocycles. The van der Waals surface area contributed by atoms with Gasteiger partial charge >= 0.3 is 0 Å². The molecule has 3 aromatic heterocycles. The molecule has 0 saturated carbocycles. The Morgan fingerprint density at radius 1 is 1.00 bits per heavy atom. The van der Waals surface area contributed by atoms with Crippen LogP contribution in [0.1, 0.15) is 24.0 Å². The van der Waals surface area contributed by atoms with E-state index in [9.17, 15) is 0 Å². The molecule has 0 saturated heterocycles. The van der Waals surface area contributed by atoms with Crippen LogP contribution in [0.15, 0.2) is 61.7 Å². The van der Waals surface area contributed by atoms with Gasteiger partial charge in [-0.15, -0.1) is 0 Å². The lowest BCUT2D eigenvalue weighted by Crippen LogP contribution is -1.89. The fourth-order valence-corrected chi connectivity index (χ4v) is 2.21. The van der Waals surface area contributed by atoms with E-state index in [4.69, 9.17) is 0 Å². The summed E-state index contributed by atoms with van der Waals surface area (Å²) in [7, 11) is 1.92. The van der Waals surface area contributed by atoms with Gasteiger partial charge in [-0.1, -0.05) is 30.9 Å². The van der Waals surface area contributed by atoms with Gasteiger partial charge in [0.1, 0.15) is 11.3 Å². The fourth-order valence-electron chi connectivity index (χ4n) is 2.21. The Kier molecular flexibility index (Phi) is 7.09. The molecule has 0 bridgehead atoms. The van der Waals surface area contributed by atoms with Crippen molar-refractivity contribution in [1.82, 2.24) is 29.5 Å². The van der Waals surface area contributed by atoms with Crippen LogP contribution in [0.5, 0.6) is 0 Å². The molecule has 0 spiro atoms. The van der Waals surface area contributed by atoms with Gasteiger partial charge in [-0.05, 0) is 45.4 Å². The van der Waals surface area contributed by atoms with E-state index in [0.29, 0.717) is 0 Å². The average Bonchev–Trinajstić information content (AvgIpc) is 3.03. The lowest BCUT2D eigenvalue weighted by atomic mass is 10.2. The normalized spacial score (nSPS) is 9.89. The topological polar surface area (TPSA) is 69.4 Å². The van der Waals surface area contributed by atoms with Gasteiger partial charge in [0.25, 0.3) is 0 Å². The van der Waals surface area contributed by atoms with Gasteiger partial charge in [-0.3, -0.25) is 4.98 Å². The van der Waals surface area contributed by atoms with Crippen LogP contribution in [-0.2, 0) is 7.05 Å². The van der Waals surface area contributed by atoms with Crippen LogP contribution in [0.4, 0.5) is 0 Å². The van der Waals surface area contributed by atoms with Gasteiger partial charge in [0.2, 0.25) is 0 Å². The maximum Gasteiger partial charge on any atom is 0.180 e. The van der Waals surface area contributed by atoms with Crippen molar-refractivity contribution in [1.29, 1.82) is 0 Å². The maximum atomic E-state index is 4.35. The van der Waals surface area contributed by atoms with Crippen LogP contribution in [0.2, 0.25) is 0 Å². The second-order valence-electron chi connectivity index (χ2n) is 6.54. The molecule has 0 N–H and O–H groups in total. The summed E-state index contributed by atoms with van der Waals surface area (Å²) in [5.74, 6) is 0.760. The Labute approximate surface area is 165 Å². The molecule has 0 aliphatic carbocycles. The largest absolute Gasteiger partial charge is 0.331 e. The fraction of sp³-hybridized carbons (Fsp3) is 0.227. The molecule has 0 amide bonds. The molecule has 0 unspecified atom stereocenters. The highest BCUT2D eigenvalue weighted by molar-refractivity contribution is 5.74. The third-order valence-corrected chi connectivity index (χ3v) is 3.77. The molecule has 4 rings (SSSR count). The molecule has 0 fully saturated rings. The number of hydrogen-bond acceptors (Lipinski definition) is 5. The number of nitrogens with zero attached hydrogens (tertiary/aromatic N) is 6. The summed E-state index contributed by atoms with van der Waals surface area (Å²) in [5, 5.41) is 0. The second kappa shape index (κ2) is 9.50. The molecule has 3 heterocycles. The Bertz CT molecular complexity index is 1070. The minimum atomic E-state index is 0.760. The van der Waals surface area contributed by atoms with Crippen molar-refractivity contribution in [3.8, 4) is 0 Å². The molecular formula is C22H26N6. The number of hydrogen-bond donors (Lipinski definition) is 0. The lowest BCUT2D eigenvalue weighted by Gasteiger charge is -1.98. The van der Waals surface area contributed by atoms with Gasteiger partial charge in [0.05, 0.1) is 29.3 Å². The van der Waals surface area contributed by atoms with Crippen molar-refractivity contribution in [2.45, 2.75) is 27.7 Å². The smallest absolute Gasteiger partial charge is 0.180 e. The molecule has 0 atom stereocenters. The SMILES string of the molecule is C=CC(=C)C.Cc1ccc2nc(C)cnc2c1.Cc1ncc2c(ncn2C)n1. The first-order chi connectivity index (χ1) is 13.3. The molecule has 1 aromatic carbocycles. The first-order valence-corrected chi connectivity index (χ1v) is 8.88. The summed E-state index contributed by atoms with van der Waals surface area (Å²) < 4.78 is 1.90. The molecule has 0 aliphatic rings. The summed E-state index contributed by atoms with van der Waals surface area (Å²) in [4.78, 5) is 20.9. The van der Waals surface area contributed by atoms with Gasteiger partial charge in [0.15, 0.2) is 5.65 Å². The van der Waals surface area contributed by atoms with Gasteiger partial charge in [-0.2, -0.15) is 0 Å². The van der Waals surface area contributed by atoms with Crippen molar-refractivity contribution in [3.05, 3.63) is 78.8 Å². The van der Waals surface area contributed by atoms with E-state index in [-0.39, 0.29) is 0 Å². The quantitative estimate of drug-likeness (QED) is 0.453. The number of rotatable bonds is 1. The van der Waals surface area contributed by atoms with E-state index in [2.05, 4.69) is 51.1 Å². The van der Waals surface area contributed by atoms with Gasteiger partial charge in [0, 0.05) is 13.2 Å². The molecule has 144 valence electrons. The molecule has 6 heteroatoms. The minimum absolute atomic E-state index is 0.760. The van der Waals surface area contributed by atoms with Crippen LogP contribution >= 0.6 is 0 Å². The van der Waals surface area contributed by atoms with Gasteiger partial charge < -0.3 is 4.57 Å². The average molecular weight is 374 g/mol. The Hall–Kier alpha value is -3.41. The number of allylic oxidation sites excluding steroid dienone is 2. The first-order valence-electron chi connectivity index (χ1n) is 8.88. The standard InChI is InChI=1S/C10H10N2.C7H8N4.C5H8/c1-7-3-4-9-10(5-7)11-6-8(2)12-9;1-5-8-3-6-7(10-5)9-4-11(6)2;1-4-5(2)3/h3-6H,1-2H3;3-4H,1-2H3;4H,1-2H2,3H3. The van der Waals surface area contributed by atoms with Crippen molar-refractivity contribution in [2.75, 3.05) is 0 Å². The first kappa shape index (κ1) is 20.9. The molecule has 0 radical (unpaired) electrons. The minimum Gasteiger partial charge on any atom is -0.331 e. The van der Waals surface area contributed by atoms with Crippen molar-refractivity contribution >= 4 is 22.2 Å². The predicted molar refractivity (Wildman–Crippen MR) is 115 cm³/mol. The van der Waals surface area contributed by atoms with Crippen LogP contribution < -0.4 is 0 Å². The van der Waals surface area contributed by atoms with E-state index in [1.54, 1.807) is 24.8 Å². The maximum absolute atomic E-state index is 4.35. The third kappa shape index (κ3) is 5.81. The zero-order valence-corrected chi connectivity index (χ0v) is 17.1. The Morgan fingerprint density at radius 2 is 1.71 bits per heavy atom. The number of aryl methyl sites for hydroxylation is 4. The highest BCUT2D eigenvalue weighted by Crippen LogP contribution is 2.10. The zero-order valence-electron chi connectivity index (χ0n) is 17.1. The highest BCUT2D eigenvalue weighted by Gasteiger charge is 1.99. The van der Waals surface area contributed by atoms with E-state index in [1.807, 2.05) is 44.5 Å². The second-order valence-corrected chi connectivity index (χ2v) is 6.54. The monoisotopic (exact) mass is 374 g/mol. The van der Waals surface area contributed by atoms with E-state index in [1.165, 1.54) is 5.56 Å². The molecule has 4 aromatic rings. The van der Waals surface area contributed by atoms with Crippen LogP contribution in [0.25, 0.3) is 22.2 Å². The van der Waals surface area contributed by atoms with Gasteiger partial charge in [-0.25, -0.2) is 19.9 Å². The van der Waals surface area contributed by atoms with E-state index < -0.39 is 0 Å². The number of aromatic nitrogens is 6. The number of fused-ring (bicyclic) bond motifs is 2. The summed E-state index contributed by atoms with van der Waals surface area (Å²) in [6, 6.07) is 6.10. The van der Waals surface area contributed by atoms with Crippen molar-refractivity contribution < 1.29 is 0 Å². The zero-order chi connectivity index (χ0) is 20.7. The Balaban J connectivity index is 0.000000164. The summed E-state index contributed by atoms with van der Waals surface area (Å²) in [5.41, 5.74) is 6.88. The van der Waals surface area contributed by atoms with E-state index in [0.717, 1.165) is 39.3 Å². The lowest BCUT2D eigenvalue weighted by molar-refractivity contribution is 0.943. The molecule has 28 heavy (non-hydrogen) atoms. The van der Waals surface area contributed by atoms with E-state index >= 15 is 0 Å². The van der Waals surface area contributed by atoms with Crippen molar-refractivity contribution in [3.63, 3.8) is 0 Å². The highest BCUT2D eigenvalue weighted by atomic mass is 15.1. The molecule has 6 nitrogen and oxygen atoms in total. The number of imidazole rings is 1. The summed E-state index contributed by atoms with van der Waals surface area (Å²) in [6.07, 6.45) is 7.03. The summed E-state index contributed by atoms with van der Waals surface area (Å²) in [6.45, 7) is 14.8. The summed E-state index contributed by atoms with van der Waals surface area (Å²) >= 11 is 0. The predicted octanol–water partition coefficient (Wildman–Crippen LogP) is 4.67. The number of benzene rings is 1. The third-order valence-electron chi connectivity index (χ3n) is 3.77. The Morgan fingerprint density at radius 3 is 2.39 bits per heavy atom. The van der Waals surface area contributed by atoms with Crippen molar-refractivity contribution in [2.24, 2.45) is 7.05 Å². The van der Waals surface area contributed by atoms with Crippen LogP contribution in [0.3, 0.4) is 0 Å².